The summed E-state index contributed by atoms with van der Waals surface area (Å²) in [6, 6.07) is 13.3. The minimum absolute atomic E-state index is 0.100. The first-order chi connectivity index (χ1) is 12.4. The van der Waals surface area contributed by atoms with Crippen molar-refractivity contribution < 1.29 is 17.9 Å². The van der Waals surface area contributed by atoms with Gasteiger partial charge in [0, 0.05) is 11.1 Å². The van der Waals surface area contributed by atoms with E-state index in [9.17, 15) is 18.5 Å². The summed E-state index contributed by atoms with van der Waals surface area (Å²) in [5.41, 5.74) is 1.43. The molecule has 0 saturated heterocycles. The zero-order valence-electron chi connectivity index (χ0n) is 13.8. The minimum atomic E-state index is -3.47. The third-order valence-electron chi connectivity index (χ3n) is 3.80. The molecule has 1 N–H and O–H groups in total. The summed E-state index contributed by atoms with van der Waals surface area (Å²) < 4.78 is 28.9. The molecule has 3 rings (SSSR count). The topological polar surface area (TPSA) is 96.3 Å². The first kappa shape index (κ1) is 17.5. The third-order valence-corrected chi connectivity index (χ3v) is 5.26. The highest BCUT2D eigenvalue weighted by Gasteiger charge is 2.21. The number of nitrogens with one attached hydrogen (secondary N) is 1. The molecule has 26 heavy (non-hydrogen) atoms. The van der Waals surface area contributed by atoms with Gasteiger partial charge in [-0.3, -0.25) is 4.79 Å². The number of sulfone groups is 1. The Morgan fingerprint density at radius 3 is 2.58 bits per heavy atom. The lowest BCUT2D eigenvalue weighted by atomic mass is 10.1. The number of nitrogens with zero attached hydrogens (tertiary/aromatic N) is 1. The van der Waals surface area contributed by atoms with Gasteiger partial charge in [0.1, 0.15) is 17.4 Å². The van der Waals surface area contributed by atoms with Crippen LogP contribution in [0.3, 0.4) is 0 Å². The predicted octanol–water partition coefficient (Wildman–Crippen LogP) is 3.00. The highest BCUT2D eigenvalue weighted by molar-refractivity contribution is 7.94. The fourth-order valence-electron chi connectivity index (χ4n) is 2.45. The van der Waals surface area contributed by atoms with Gasteiger partial charge >= 0.3 is 0 Å². The molecule has 1 heterocycles. The van der Waals surface area contributed by atoms with Gasteiger partial charge in [-0.2, -0.15) is 5.26 Å². The van der Waals surface area contributed by atoms with Crippen LogP contribution in [-0.2, 0) is 14.6 Å². The number of carbonyl (C=O) groups excluding carboxylic acids is 1. The van der Waals surface area contributed by atoms with E-state index in [0.717, 1.165) is 5.41 Å². The van der Waals surface area contributed by atoms with Crippen LogP contribution < -0.4 is 10.1 Å². The Morgan fingerprint density at radius 1 is 1.19 bits per heavy atom. The van der Waals surface area contributed by atoms with Crippen molar-refractivity contribution in [2.24, 2.45) is 0 Å². The van der Waals surface area contributed by atoms with Crippen LogP contribution in [0.25, 0.3) is 12.2 Å². The number of anilines is 1. The Kier molecular flexibility index (Phi) is 4.61. The van der Waals surface area contributed by atoms with Crippen LogP contribution in [0.2, 0.25) is 0 Å². The molecule has 0 saturated carbocycles. The monoisotopic (exact) mass is 366 g/mol. The molecular weight excluding hydrogens is 352 g/mol. The number of hydrogen-bond acceptors (Lipinski definition) is 5. The summed E-state index contributed by atoms with van der Waals surface area (Å²) in [4.78, 5) is 12.5. The van der Waals surface area contributed by atoms with Crippen LogP contribution in [0, 0.1) is 11.3 Å². The molecule has 7 heteroatoms. The second-order valence-corrected chi connectivity index (χ2v) is 7.30. The molecule has 0 spiro atoms. The smallest absolute Gasteiger partial charge is 0.266 e. The zero-order valence-corrected chi connectivity index (χ0v) is 14.6. The number of benzene rings is 2. The second-order valence-electron chi connectivity index (χ2n) is 5.50. The molecular formula is C19H14N2O4S. The molecule has 0 aliphatic carbocycles. The van der Waals surface area contributed by atoms with Crippen molar-refractivity contribution >= 4 is 33.6 Å². The number of carbonyl (C=O) groups is 1. The summed E-state index contributed by atoms with van der Waals surface area (Å²) >= 11 is 0. The molecule has 0 bridgehead atoms. The van der Waals surface area contributed by atoms with Crippen molar-refractivity contribution in [3.63, 3.8) is 0 Å². The van der Waals surface area contributed by atoms with Gasteiger partial charge in [-0.15, -0.1) is 0 Å². The summed E-state index contributed by atoms with van der Waals surface area (Å²) in [6.45, 7) is 0. The first-order valence-corrected chi connectivity index (χ1v) is 9.12. The van der Waals surface area contributed by atoms with Gasteiger partial charge in [-0.1, -0.05) is 18.2 Å². The van der Waals surface area contributed by atoms with Gasteiger partial charge in [-0.05, 0) is 47.5 Å². The van der Waals surface area contributed by atoms with Crippen molar-refractivity contribution in [3.05, 3.63) is 64.6 Å². The SMILES string of the molecule is COc1ccc(C=C(C#N)C(=O)Nc2ccc3c(c2)S(=O)(=O)C=C3)cc1. The Morgan fingerprint density at radius 2 is 1.92 bits per heavy atom. The van der Waals surface area contributed by atoms with E-state index < -0.39 is 15.7 Å². The summed E-state index contributed by atoms with van der Waals surface area (Å²) in [5.74, 6) is 0.0460. The van der Waals surface area contributed by atoms with E-state index in [-0.39, 0.29) is 10.5 Å². The zero-order chi connectivity index (χ0) is 18.7. The van der Waals surface area contributed by atoms with E-state index in [2.05, 4.69) is 5.32 Å². The van der Waals surface area contributed by atoms with E-state index in [0.29, 0.717) is 22.6 Å². The molecule has 0 atom stereocenters. The fourth-order valence-corrected chi connectivity index (χ4v) is 3.67. The highest BCUT2D eigenvalue weighted by atomic mass is 32.2. The Bertz CT molecular complexity index is 1080. The van der Waals surface area contributed by atoms with Crippen LogP contribution in [-0.4, -0.2) is 21.4 Å². The van der Waals surface area contributed by atoms with Crippen LogP contribution in [0.5, 0.6) is 5.75 Å². The van der Waals surface area contributed by atoms with Crippen LogP contribution in [0.15, 0.2) is 58.3 Å². The molecule has 2 aromatic carbocycles. The Hall–Kier alpha value is -3.37. The summed E-state index contributed by atoms with van der Waals surface area (Å²) in [5, 5.41) is 12.9. The lowest BCUT2D eigenvalue weighted by Crippen LogP contribution is -2.13. The number of ether oxygens (including phenoxy) is 1. The number of fused-ring (bicyclic) bond motifs is 1. The standard InChI is InChI=1S/C19H14N2O4S/c1-25-17-6-2-13(3-7-17)10-15(12-20)19(22)21-16-5-4-14-8-9-26(23,24)18(14)11-16/h2-11H,1H3,(H,21,22). The average molecular weight is 366 g/mol. The second kappa shape index (κ2) is 6.86. The van der Waals surface area contributed by atoms with E-state index in [4.69, 9.17) is 4.74 Å². The molecule has 0 unspecified atom stereocenters. The number of rotatable bonds is 4. The molecule has 0 fully saturated rings. The number of methoxy groups -OCH3 is 1. The van der Waals surface area contributed by atoms with Gasteiger partial charge in [0.25, 0.3) is 5.91 Å². The quantitative estimate of drug-likeness (QED) is 0.663. The van der Waals surface area contributed by atoms with E-state index in [1.165, 1.54) is 18.2 Å². The van der Waals surface area contributed by atoms with Gasteiger partial charge in [0.15, 0.2) is 0 Å². The largest absolute Gasteiger partial charge is 0.497 e. The predicted molar refractivity (Wildman–Crippen MR) is 97.9 cm³/mol. The first-order valence-electron chi connectivity index (χ1n) is 7.57. The number of hydrogen-bond donors (Lipinski definition) is 1. The maximum absolute atomic E-state index is 12.3. The maximum Gasteiger partial charge on any atom is 0.266 e. The van der Waals surface area contributed by atoms with Gasteiger partial charge < -0.3 is 10.1 Å². The molecule has 1 aliphatic rings. The minimum Gasteiger partial charge on any atom is -0.497 e. The molecule has 0 radical (unpaired) electrons. The van der Waals surface area contributed by atoms with Crippen molar-refractivity contribution in [2.45, 2.75) is 4.90 Å². The lowest BCUT2D eigenvalue weighted by Gasteiger charge is -2.07. The van der Waals surface area contributed by atoms with Crippen molar-refractivity contribution in [3.8, 4) is 11.8 Å². The van der Waals surface area contributed by atoms with Crippen molar-refractivity contribution in [1.82, 2.24) is 0 Å². The van der Waals surface area contributed by atoms with Gasteiger partial charge in [0.2, 0.25) is 9.84 Å². The molecule has 1 amide bonds. The highest BCUT2D eigenvalue weighted by Crippen LogP contribution is 2.29. The molecule has 6 nitrogen and oxygen atoms in total. The van der Waals surface area contributed by atoms with Crippen LogP contribution in [0.1, 0.15) is 11.1 Å². The van der Waals surface area contributed by atoms with Crippen molar-refractivity contribution in [1.29, 1.82) is 5.26 Å². The number of amides is 1. The van der Waals surface area contributed by atoms with E-state index in [1.807, 2.05) is 6.07 Å². The molecule has 0 aromatic heterocycles. The van der Waals surface area contributed by atoms with Gasteiger partial charge in [0.05, 0.1) is 12.0 Å². The summed E-state index contributed by atoms with van der Waals surface area (Å²) in [7, 11) is -1.92. The third kappa shape index (κ3) is 3.50. The molecule has 2 aromatic rings. The number of nitriles is 1. The van der Waals surface area contributed by atoms with E-state index in [1.54, 1.807) is 43.5 Å². The Balaban J connectivity index is 1.82. The Labute approximate surface area is 151 Å². The fraction of sp³-hybridized carbons (Fsp3) is 0.0526. The van der Waals surface area contributed by atoms with Crippen LogP contribution in [0.4, 0.5) is 5.69 Å². The van der Waals surface area contributed by atoms with E-state index >= 15 is 0 Å². The summed E-state index contributed by atoms with van der Waals surface area (Å²) in [6.07, 6.45) is 2.95. The average Bonchev–Trinajstić information content (AvgIpc) is 2.94. The maximum atomic E-state index is 12.3. The normalized spacial score (nSPS) is 14.4. The lowest BCUT2D eigenvalue weighted by molar-refractivity contribution is -0.112. The van der Waals surface area contributed by atoms with Gasteiger partial charge in [-0.25, -0.2) is 8.42 Å². The molecule has 130 valence electrons. The van der Waals surface area contributed by atoms with Crippen molar-refractivity contribution in [2.75, 3.05) is 12.4 Å². The van der Waals surface area contributed by atoms with Crippen LogP contribution >= 0.6 is 0 Å². The molecule has 1 aliphatic heterocycles.